The van der Waals surface area contributed by atoms with Crippen LogP contribution < -0.4 is 21.1 Å². The van der Waals surface area contributed by atoms with Gasteiger partial charge in [0.1, 0.15) is 23.2 Å². The molecule has 5 rings (SSSR count). The Balaban J connectivity index is 0.00000264. The van der Waals surface area contributed by atoms with Gasteiger partial charge in [0.25, 0.3) is 5.91 Å². The van der Waals surface area contributed by atoms with Crippen LogP contribution in [0.3, 0.4) is 0 Å². The lowest BCUT2D eigenvalue weighted by Gasteiger charge is -2.23. The lowest BCUT2D eigenvalue weighted by Crippen LogP contribution is -2.34. The summed E-state index contributed by atoms with van der Waals surface area (Å²) in [5.74, 6) is 2.04. The number of fused-ring (bicyclic) bond motifs is 1. The van der Waals surface area contributed by atoms with Gasteiger partial charge in [-0.15, -0.1) is 24.8 Å². The number of aryl methyl sites for hydroxylation is 3. The quantitative estimate of drug-likeness (QED) is 0.100. The second-order valence-electron chi connectivity index (χ2n) is 10.0. The maximum Gasteiger partial charge on any atom is 0.258 e. The first-order chi connectivity index (χ1) is 20.3. The minimum absolute atomic E-state index is 0. The Bertz CT molecular complexity index is 1760. The van der Waals surface area contributed by atoms with Gasteiger partial charge in [0.15, 0.2) is 0 Å². The van der Waals surface area contributed by atoms with Gasteiger partial charge in [-0.3, -0.25) is 15.6 Å². The van der Waals surface area contributed by atoms with Crippen LogP contribution in [0.1, 0.15) is 33.7 Å². The second kappa shape index (κ2) is 15.0. The van der Waals surface area contributed by atoms with E-state index in [1.807, 2.05) is 109 Å². The number of benzene rings is 4. The van der Waals surface area contributed by atoms with Gasteiger partial charge >= 0.3 is 0 Å². The Morgan fingerprint density at radius 2 is 1.52 bits per heavy atom. The number of nitrogen functional groups attached to an aromatic ring is 1. The molecule has 0 saturated carbocycles. The van der Waals surface area contributed by atoms with Crippen LogP contribution in [0.15, 0.2) is 97.1 Å². The van der Waals surface area contributed by atoms with E-state index >= 15 is 0 Å². The fourth-order valence-corrected chi connectivity index (χ4v) is 4.79. The lowest BCUT2D eigenvalue weighted by molar-refractivity contribution is 0.0987. The molecule has 1 amide bonds. The van der Waals surface area contributed by atoms with Crippen LogP contribution >= 0.6 is 24.8 Å². The number of halogens is 2. The summed E-state index contributed by atoms with van der Waals surface area (Å²) in [6.07, 6.45) is 1.73. The van der Waals surface area contributed by atoms with Crippen LogP contribution in [-0.4, -0.2) is 33.7 Å². The summed E-state index contributed by atoms with van der Waals surface area (Å²) in [7, 11) is 1.97. The number of ether oxygens (including phenoxy) is 1. The van der Waals surface area contributed by atoms with Gasteiger partial charge < -0.3 is 25.7 Å². The SMILES string of the molecule is Cl.Cl.Cn1c(CCc2ccc(C(=N)N)cc2)nc2cc(C(=O)N(CCC(=N)N)c3cccc(Oc4ccccc4)c3)ccc21. The van der Waals surface area contributed by atoms with Crippen molar-refractivity contribution in [2.24, 2.45) is 18.5 Å². The molecule has 0 aliphatic carbocycles. The molecule has 228 valence electrons. The molecule has 11 heteroatoms. The normalized spacial score (nSPS) is 10.4. The molecule has 0 radical (unpaired) electrons. The zero-order valence-electron chi connectivity index (χ0n) is 24.2. The molecule has 0 saturated heterocycles. The number of amides is 1. The number of carbonyl (C=O) groups excluding carboxylic acids is 1. The number of anilines is 1. The summed E-state index contributed by atoms with van der Waals surface area (Å²) in [6.45, 7) is 0.247. The van der Waals surface area contributed by atoms with Crippen LogP contribution in [0.5, 0.6) is 11.5 Å². The Morgan fingerprint density at radius 1 is 0.841 bits per heavy atom. The van der Waals surface area contributed by atoms with Crippen LogP contribution in [0.2, 0.25) is 0 Å². The number of nitrogens with two attached hydrogens (primary N) is 2. The van der Waals surface area contributed by atoms with Crippen molar-refractivity contribution in [1.29, 1.82) is 10.8 Å². The molecule has 4 aromatic carbocycles. The molecule has 5 aromatic rings. The van der Waals surface area contributed by atoms with Crippen molar-refractivity contribution in [3.63, 3.8) is 0 Å². The van der Waals surface area contributed by atoms with Crippen molar-refractivity contribution in [2.45, 2.75) is 19.3 Å². The molecule has 1 aromatic heterocycles. The van der Waals surface area contributed by atoms with Crippen molar-refractivity contribution < 1.29 is 9.53 Å². The number of para-hydroxylation sites is 1. The summed E-state index contributed by atoms with van der Waals surface area (Å²) in [5.41, 5.74) is 15.9. The minimum Gasteiger partial charge on any atom is -0.457 e. The summed E-state index contributed by atoms with van der Waals surface area (Å²) >= 11 is 0. The highest BCUT2D eigenvalue weighted by Crippen LogP contribution is 2.28. The van der Waals surface area contributed by atoms with Gasteiger partial charge in [-0.05, 0) is 54.4 Å². The summed E-state index contributed by atoms with van der Waals surface area (Å²) in [6, 6.07) is 30.0. The molecule has 0 fully saturated rings. The zero-order chi connectivity index (χ0) is 29.6. The minimum atomic E-state index is -0.215. The van der Waals surface area contributed by atoms with Gasteiger partial charge in [-0.25, -0.2) is 4.98 Å². The molecule has 44 heavy (non-hydrogen) atoms. The number of hydrogen-bond acceptors (Lipinski definition) is 5. The molecule has 0 bridgehead atoms. The monoisotopic (exact) mass is 631 g/mol. The van der Waals surface area contributed by atoms with Crippen LogP contribution in [0.25, 0.3) is 11.0 Å². The predicted molar refractivity (Wildman–Crippen MR) is 181 cm³/mol. The number of aromatic nitrogens is 2. The maximum absolute atomic E-state index is 13.9. The molecule has 1 heterocycles. The van der Waals surface area contributed by atoms with Crippen LogP contribution in [0, 0.1) is 10.8 Å². The van der Waals surface area contributed by atoms with Crippen molar-refractivity contribution >= 4 is 59.1 Å². The molecular formula is C33H35Cl2N7O2. The highest BCUT2D eigenvalue weighted by Gasteiger charge is 2.20. The molecule has 0 atom stereocenters. The fourth-order valence-electron chi connectivity index (χ4n) is 4.79. The van der Waals surface area contributed by atoms with E-state index in [1.54, 1.807) is 4.90 Å². The molecule has 0 unspecified atom stereocenters. The van der Waals surface area contributed by atoms with Crippen LogP contribution in [0.4, 0.5) is 5.69 Å². The Morgan fingerprint density at radius 3 is 2.20 bits per heavy atom. The standard InChI is InChI=1S/C33H33N7O2.2ClH/c1-39-29-16-15-24(20-28(29)38-31(39)17-12-22-10-13-23(14-11-22)32(36)37)33(41)40(19-18-30(34)35)25-6-5-9-27(21-25)42-26-7-3-2-4-8-26;;/h2-11,13-16,20-21H,12,17-19H2,1H3,(H3,34,35)(H3,36,37);2*1H. The van der Waals surface area contributed by atoms with E-state index in [9.17, 15) is 4.79 Å². The number of amidine groups is 2. The number of imidazole rings is 1. The van der Waals surface area contributed by atoms with E-state index in [-0.39, 0.29) is 55.4 Å². The van der Waals surface area contributed by atoms with E-state index in [4.69, 9.17) is 32.0 Å². The second-order valence-corrected chi connectivity index (χ2v) is 10.0. The Labute approximate surface area is 268 Å². The van der Waals surface area contributed by atoms with Crippen molar-refractivity contribution in [2.75, 3.05) is 11.4 Å². The largest absolute Gasteiger partial charge is 0.457 e. The number of hydrogen-bond donors (Lipinski definition) is 4. The van der Waals surface area contributed by atoms with Gasteiger partial charge in [0.05, 0.1) is 16.9 Å². The van der Waals surface area contributed by atoms with E-state index in [0.29, 0.717) is 34.7 Å². The van der Waals surface area contributed by atoms with Crippen LogP contribution in [-0.2, 0) is 19.9 Å². The Kier molecular flexibility index (Phi) is 11.5. The summed E-state index contributed by atoms with van der Waals surface area (Å²) < 4.78 is 8.04. The molecule has 0 aliphatic heterocycles. The predicted octanol–water partition coefficient (Wildman–Crippen LogP) is 6.25. The number of rotatable bonds is 11. The average Bonchev–Trinajstić information content (AvgIpc) is 3.31. The maximum atomic E-state index is 13.9. The van der Waals surface area contributed by atoms with E-state index in [2.05, 4.69) is 0 Å². The lowest BCUT2D eigenvalue weighted by atomic mass is 10.1. The first kappa shape index (κ1) is 33.6. The molecular weight excluding hydrogens is 597 g/mol. The molecule has 0 aliphatic rings. The first-order valence-electron chi connectivity index (χ1n) is 13.6. The first-order valence-corrected chi connectivity index (χ1v) is 13.6. The van der Waals surface area contributed by atoms with Crippen molar-refractivity contribution in [1.82, 2.24) is 9.55 Å². The molecule has 6 N–H and O–H groups in total. The van der Waals surface area contributed by atoms with Gasteiger partial charge in [0.2, 0.25) is 0 Å². The number of nitrogens with zero attached hydrogens (tertiary/aromatic N) is 3. The van der Waals surface area contributed by atoms with Crippen molar-refractivity contribution in [3.05, 3.63) is 120 Å². The summed E-state index contributed by atoms with van der Waals surface area (Å²) in [5, 5.41) is 15.3. The topological polar surface area (TPSA) is 147 Å². The van der Waals surface area contributed by atoms with Gasteiger partial charge in [-0.2, -0.15) is 0 Å². The Hall–Kier alpha value is -4.86. The highest BCUT2D eigenvalue weighted by molar-refractivity contribution is 6.08. The average molecular weight is 633 g/mol. The smallest absolute Gasteiger partial charge is 0.258 e. The third-order valence-corrected chi connectivity index (χ3v) is 7.08. The fraction of sp³-hybridized carbons (Fsp3) is 0.152. The van der Waals surface area contributed by atoms with Crippen molar-refractivity contribution in [3.8, 4) is 11.5 Å². The van der Waals surface area contributed by atoms with E-state index in [0.717, 1.165) is 28.8 Å². The number of carbonyl (C=O) groups is 1. The van der Waals surface area contributed by atoms with Gasteiger partial charge in [-0.1, -0.05) is 48.5 Å². The third kappa shape index (κ3) is 7.94. The highest BCUT2D eigenvalue weighted by atomic mass is 35.5. The molecule has 0 spiro atoms. The zero-order valence-corrected chi connectivity index (χ0v) is 25.8. The summed E-state index contributed by atoms with van der Waals surface area (Å²) in [4.78, 5) is 20.3. The van der Waals surface area contributed by atoms with E-state index < -0.39 is 0 Å². The third-order valence-electron chi connectivity index (χ3n) is 7.08. The van der Waals surface area contributed by atoms with Gasteiger partial charge in [0, 0.05) is 49.3 Å². The molecule has 9 nitrogen and oxygen atoms in total. The number of nitrogens with one attached hydrogen (secondary N) is 2. The van der Waals surface area contributed by atoms with E-state index in [1.165, 1.54) is 0 Å².